The Balaban J connectivity index is 2.64. The van der Waals surface area contributed by atoms with Crippen LogP contribution in [0, 0.1) is 11.6 Å². The lowest BCUT2D eigenvalue weighted by atomic mass is 10.0. The van der Waals surface area contributed by atoms with Crippen LogP contribution in [0.25, 0.3) is 0 Å². The predicted octanol–water partition coefficient (Wildman–Crippen LogP) is 3.07. The first-order valence-electron chi connectivity index (χ1n) is 5.30. The van der Waals surface area contributed by atoms with Crippen LogP contribution in [-0.2, 0) is 0 Å². The van der Waals surface area contributed by atoms with E-state index < -0.39 is 0 Å². The van der Waals surface area contributed by atoms with E-state index in [1.807, 2.05) is 6.92 Å². The highest BCUT2D eigenvalue weighted by Gasteiger charge is 2.11. The summed E-state index contributed by atoms with van der Waals surface area (Å²) in [6.07, 6.45) is 1.04. The van der Waals surface area contributed by atoms with Crippen LogP contribution in [0.3, 0.4) is 0 Å². The molecule has 1 aromatic rings. The van der Waals surface area contributed by atoms with Gasteiger partial charge in [0.2, 0.25) is 0 Å². The van der Waals surface area contributed by atoms with Gasteiger partial charge >= 0.3 is 0 Å². The number of rotatable bonds is 5. The van der Waals surface area contributed by atoms with Crippen molar-refractivity contribution in [3.63, 3.8) is 0 Å². The van der Waals surface area contributed by atoms with Gasteiger partial charge in [-0.1, -0.05) is 13.8 Å². The summed E-state index contributed by atoms with van der Waals surface area (Å²) in [5, 5.41) is 3.19. The Hall–Kier alpha value is -0.960. The van der Waals surface area contributed by atoms with Crippen LogP contribution in [0.1, 0.15) is 31.7 Å². The maximum atomic E-state index is 13.3. The standard InChI is InChI=1S/C12H17F2N/c1-3-6-15-8-9(2)11-7-10(13)4-5-12(11)14/h4-5,7,9,15H,3,6,8H2,1-2H3. The second-order valence-electron chi connectivity index (χ2n) is 3.77. The molecule has 0 saturated heterocycles. The highest BCUT2D eigenvalue weighted by atomic mass is 19.1. The van der Waals surface area contributed by atoms with E-state index >= 15 is 0 Å². The van der Waals surface area contributed by atoms with Gasteiger partial charge in [-0.2, -0.15) is 0 Å². The summed E-state index contributed by atoms with van der Waals surface area (Å²) in [7, 11) is 0. The molecule has 3 heteroatoms. The molecule has 84 valence electrons. The van der Waals surface area contributed by atoms with Gasteiger partial charge in [0, 0.05) is 6.54 Å². The smallest absolute Gasteiger partial charge is 0.126 e. The average Bonchev–Trinajstić information content (AvgIpc) is 2.22. The van der Waals surface area contributed by atoms with Gasteiger partial charge in [-0.3, -0.25) is 0 Å². The maximum absolute atomic E-state index is 13.3. The Morgan fingerprint density at radius 2 is 2.07 bits per heavy atom. The molecule has 1 unspecified atom stereocenters. The van der Waals surface area contributed by atoms with Gasteiger partial charge in [0.1, 0.15) is 11.6 Å². The molecule has 1 atom stereocenters. The quantitative estimate of drug-likeness (QED) is 0.741. The molecule has 0 amide bonds. The van der Waals surface area contributed by atoms with E-state index in [4.69, 9.17) is 0 Å². The van der Waals surface area contributed by atoms with Crippen molar-refractivity contribution >= 4 is 0 Å². The van der Waals surface area contributed by atoms with Crippen molar-refractivity contribution in [1.29, 1.82) is 0 Å². The van der Waals surface area contributed by atoms with E-state index in [1.165, 1.54) is 12.1 Å². The van der Waals surface area contributed by atoms with Crippen molar-refractivity contribution in [3.8, 4) is 0 Å². The van der Waals surface area contributed by atoms with Gasteiger partial charge in [-0.05, 0) is 42.6 Å². The zero-order valence-electron chi connectivity index (χ0n) is 9.19. The second-order valence-corrected chi connectivity index (χ2v) is 3.77. The molecule has 0 bridgehead atoms. The van der Waals surface area contributed by atoms with Gasteiger partial charge in [-0.15, -0.1) is 0 Å². The minimum Gasteiger partial charge on any atom is -0.316 e. The molecular weight excluding hydrogens is 196 g/mol. The van der Waals surface area contributed by atoms with Crippen molar-refractivity contribution in [1.82, 2.24) is 5.32 Å². The number of benzene rings is 1. The molecule has 1 rings (SSSR count). The minimum absolute atomic E-state index is 0.00718. The molecule has 0 aromatic heterocycles. The van der Waals surface area contributed by atoms with E-state index in [0.29, 0.717) is 12.1 Å². The summed E-state index contributed by atoms with van der Waals surface area (Å²) in [5.74, 6) is -0.719. The Bertz CT molecular complexity index is 312. The van der Waals surface area contributed by atoms with Crippen LogP contribution >= 0.6 is 0 Å². The fourth-order valence-electron chi connectivity index (χ4n) is 1.50. The Kier molecular flexibility index (Phi) is 4.69. The maximum Gasteiger partial charge on any atom is 0.126 e. The Morgan fingerprint density at radius 1 is 1.33 bits per heavy atom. The van der Waals surface area contributed by atoms with E-state index in [-0.39, 0.29) is 17.6 Å². The summed E-state index contributed by atoms with van der Waals surface area (Å²) in [5.41, 5.74) is 0.443. The molecule has 1 aromatic carbocycles. The monoisotopic (exact) mass is 213 g/mol. The largest absolute Gasteiger partial charge is 0.316 e. The molecule has 0 spiro atoms. The third-order valence-corrected chi connectivity index (χ3v) is 2.37. The third kappa shape index (κ3) is 3.59. The van der Waals surface area contributed by atoms with Crippen LogP contribution in [0.2, 0.25) is 0 Å². The predicted molar refractivity (Wildman–Crippen MR) is 57.9 cm³/mol. The zero-order chi connectivity index (χ0) is 11.3. The molecule has 0 fully saturated rings. The van der Waals surface area contributed by atoms with E-state index in [9.17, 15) is 8.78 Å². The molecule has 1 N–H and O–H groups in total. The summed E-state index contributed by atoms with van der Waals surface area (Å²) in [6.45, 7) is 5.54. The fraction of sp³-hybridized carbons (Fsp3) is 0.500. The Labute approximate surface area is 89.5 Å². The number of hydrogen-bond acceptors (Lipinski definition) is 1. The highest BCUT2D eigenvalue weighted by molar-refractivity contribution is 5.22. The van der Waals surface area contributed by atoms with Crippen molar-refractivity contribution in [3.05, 3.63) is 35.4 Å². The first-order valence-corrected chi connectivity index (χ1v) is 5.30. The Morgan fingerprint density at radius 3 is 2.73 bits per heavy atom. The molecule has 15 heavy (non-hydrogen) atoms. The average molecular weight is 213 g/mol. The summed E-state index contributed by atoms with van der Waals surface area (Å²) in [6, 6.07) is 3.60. The molecule has 0 aliphatic heterocycles. The van der Waals surface area contributed by atoms with Gasteiger partial charge in [0.05, 0.1) is 0 Å². The van der Waals surface area contributed by atoms with Crippen LogP contribution in [0.5, 0.6) is 0 Å². The van der Waals surface area contributed by atoms with E-state index in [1.54, 1.807) is 0 Å². The molecule has 0 aliphatic rings. The van der Waals surface area contributed by atoms with E-state index in [2.05, 4.69) is 12.2 Å². The van der Waals surface area contributed by atoms with Crippen LogP contribution < -0.4 is 5.32 Å². The van der Waals surface area contributed by atoms with Crippen LogP contribution in [-0.4, -0.2) is 13.1 Å². The second kappa shape index (κ2) is 5.81. The van der Waals surface area contributed by atoms with Crippen molar-refractivity contribution in [2.75, 3.05) is 13.1 Å². The van der Waals surface area contributed by atoms with Crippen molar-refractivity contribution in [2.24, 2.45) is 0 Å². The van der Waals surface area contributed by atoms with Gasteiger partial charge in [0.15, 0.2) is 0 Å². The van der Waals surface area contributed by atoms with Gasteiger partial charge < -0.3 is 5.32 Å². The summed E-state index contributed by atoms with van der Waals surface area (Å²) >= 11 is 0. The molecular formula is C12H17F2N. The lowest BCUT2D eigenvalue weighted by molar-refractivity contribution is 0.546. The normalized spacial score (nSPS) is 12.8. The van der Waals surface area contributed by atoms with Crippen molar-refractivity contribution < 1.29 is 8.78 Å². The molecule has 0 aliphatic carbocycles. The van der Waals surface area contributed by atoms with Crippen LogP contribution in [0.4, 0.5) is 8.78 Å². The molecule has 0 saturated carbocycles. The van der Waals surface area contributed by atoms with Gasteiger partial charge in [-0.25, -0.2) is 8.78 Å². The van der Waals surface area contributed by atoms with Crippen LogP contribution in [0.15, 0.2) is 18.2 Å². The summed E-state index contributed by atoms with van der Waals surface area (Å²) in [4.78, 5) is 0. The van der Waals surface area contributed by atoms with Gasteiger partial charge in [0.25, 0.3) is 0 Å². The lowest BCUT2D eigenvalue weighted by Crippen LogP contribution is -2.21. The summed E-state index contributed by atoms with van der Waals surface area (Å²) < 4.78 is 26.2. The SMILES string of the molecule is CCCNCC(C)c1cc(F)ccc1F. The molecule has 0 heterocycles. The zero-order valence-corrected chi connectivity index (χ0v) is 9.19. The first-order chi connectivity index (χ1) is 7.15. The van der Waals surface area contributed by atoms with Crippen molar-refractivity contribution in [2.45, 2.75) is 26.2 Å². The fourth-order valence-corrected chi connectivity index (χ4v) is 1.50. The van der Waals surface area contributed by atoms with E-state index in [0.717, 1.165) is 19.0 Å². The molecule has 1 nitrogen and oxygen atoms in total. The number of hydrogen-bond donors (Lipinski definition) is 1. The lowest BCUT2D eigenvalue weighted by Gasteiger charge is -2.13. The number of halogens is 2. The minimum atomic E-state index is -0.381. The first kappa shape index (κ1) is 12.1. The third-order valence-electron chi connectivity index (χ3n) is 2.37. The highest BCUT2D eigenvalue weighted by Crippen LogP contribution is 2.19. The molecule has 0 radical (unpaired) electrons. The number of nitrogens with one attached hydrogen (secondary N) is 1. The topological polar surface area (TPSA) is 12.0 Å².